The second-order valence-electron chi connectivity index (χ2n) is 7.50. The van der Waals surface area contributed by atoms with Crippen molar-refractivity contribution < 1.29 is 19.1 Å². The van der Waals surface area contributed by atoms with E-state index in [0.717, 1.165) is 11.3 Å². The summed E-state index contributed by atoms with van der Waals surface area (Å²) in [5, 5.41) is 0. The number of methoxy groups -OCH3 is 1. The molecule has 2 aliphatic rings. The Morgan fingerprint density at radius 3 is 2.45 bits per heavy atom. The summed E-state index contributed by atoms with van der Waals surface area (Å²) in [6, 6.07) is 17.1. The Labute approximate surface area is 171 Å². The molecule has 0 saturated carbocycles. The van der Waals surface area contributed by atoms with Crippen molar-refractivity contribution in [2.45, 2.75) is 5.92 Å². The smallest absolute Gasteiger partial charge is 0.253 e. The predicted octanol–water partition coefficient (Wildman–Crippen LogP) is 2.41. The minimum absolute atomic E-state index is 0.0317. The van der Waals surface area contributed by atoms with E-state index in [-0.39, 0.29) is 23.7 Å². The largest absolute Gasteiger partial charge is 0.497 e. The van der Waals surface area contributed by atoms with Crippen LogP contribution in [0.5, 0.6) is 5.75 Å². The van der Waals surface area contributed by atoms with Gasteiger partial charge in [-0.1, -0.05) is 30.3 Å². The lowest BCUT2D eigenvalue weighted by molar-refractivity contribution is -0.139. The third-order valence-electron chi connectivity index (χ3n) is 5.79. The third-order valence-corrected chi connectivity index (χ3v) is 5.79. The molecule has 0 aromatic heterocycles. The zero-order valence-electron chi connectivity index (χ0n) is 16.6. The number of amides is 2. The third kappa shape index (κ3) is 4.12. The van der Waals surface area contributed by atoms with Crippen molar-refractivity contribution >= 4 is 11.8 Å². The van der Waals surface area contributed by atoms with Crippen molar-refractivity contribution in [3.63, 3.8) is 0 Å². The molecular formula is C23H26N2O4. The van der Waals surface area contributed by atoms with Gasteiger partial charge in [0.05, 0.1) is 26.2 Å². The molecule has 0 bridgehead atoms. The Kier molecular flexibility index (Phi) is 5.81. The molecule has 29 heavy (non-hydrogen) atoms. The first-order chi connectivity index (χ1) is 14.2. The van der Waals surface area contributed by atoms with E-state index in [2.05, 4.69) is 0 Å². The summed E-state index contributed by atoms with van der Waals surface area (Å²) in [5.74, 6) is 0.495. The molecule has 2 saturated heterocycles. The van der Waals surface area contributed by atoms with Gasteiger partial charge in [-0.2, -0.15) is 0 Å². The summed E-state index contributed by atoms with van der Waals surface area (Å²) in [6.07, 6.45) is 0. The molecule has 0 unspecified atom stereocenters. The topological polar surface area (TPSA) is 59.1 Å². The van der Waals surface area contributed by atoms with Gasteiger partial charge in [0.1, 0.15) is 5.75 Å². The minimum atomic E-state index is -0.270. The number of carbonyl (C=O) groups excluding carboxylic acids is 2. The van der Waals surface area contributed by atoms with E-state index in [0.29, 0.717) is 45.0 Å². The molecule has 2 heterocycles. The summed E-state index contributed by atoms with van der Waals surface area (Å²) in [6.45, 7) is 3.27. The summed E-state index contributed by atoms with van der Waals surface area (Å²) in [5.41, 5.74) is 1.68. The van der Waals surface area contributed by atoms with E-state index >= 15 is 0 Å². The highest BCUT2D eigenvalue weighted by Crippen LogP contribution is 2.36. The molecule has 6 heteroatoms. The second-order valence-corrected chi connectivity index (χ2v) is 7.50. The molecule has 0 radical (unpaired) electrons. The fourth-order valence-corrected chi connectivity index (χ4v) is 4.21. The lowest BCUT2D eigenvalue weighted by Gasteiger charge is -2.30. The first-order valence-corrected chi connectivity index (χ1v) is 10.0. The monoisotopic (exact) mass is 394 g/mol. The van der Waals surface area contributed by atoms with E-state index in [1.807, 2.05) is 64.4 Å². The van der Waals surface area contributed by atoms with Gasteiger partial charge in [-0.05, 0) is 29.8 Å². The Hall–Kier alpha value is -2.86. The van der Waals surface area contributed by atoms with E-state index in [1.165, 1.54) is 0 Å². The average Bonchev–Trinajstić information content (AvgIpc) is 3.25. The number of nitrogens with zero attached hydrogens (tertiary/aromatic N) is 2. The zero-order valence-corrected chi connectivity index (χ0v) is 16.6. The summed E-state index contributed by atoms with van der Waals surface area (Å²) >= 11 is 0. The van der Waals surface area contributed by atoms with Gasteiger partial charge in [-0.3, -0.25) is 9.59 Å². The number of rotatable bonds is 4. The zero-order chi connectivity index (χ0) is 20.2. The minimum Gasteiger partial charge on any atom is -0.497 e. The summed E-state index contributed by atoms with van der Waals surface area (Å²) in [7, 11) is 1.63. The molecule has 0 aliphatic carbocycles. The van der Waals surface area contributed by atoms with Gasteiger partial charge >= 0.3 is 0 Å². The normalized spacial score (nSPS) is 21.8. The highest BCUT2D eigenvalue weighted by molar-refractivity contribution is 5.95. The molecule has 2 atom stereocenters. The SMILES string of the molecule is COc1cccc([C@@H]2CN(C(=O)c3ccccc3)C[C@H]2C(=O)N2CCOCC2)c1. The van der Waals surface area contributed by atoms with E-state index in [4.69, 9.17) is 9.47 Å². The van der Waals surface area contributed by atoms with Crippen LogP contribution in [0.1, 0.15) is 21.8 Å². The van der Waals surface area contributed by atoms with Crippen LogP contribution in [0.4, 0.5) is 0 Å². The van der Waals surface area contributed by atoms with Crippen LogP contribution >= 0.6 is 0 Å². The van der Waals surface area contributed by atoms with Crippen molar-refractivity contribution in [1.82, 2.24) is 9.80 Å². The Morgan fingerprint density at radius 1 is 0.966 bits per heavy atom. The van der Waals surface area contributed by atoms with Crippen LogP contribution in [0.15, 0.2) is 54.6 Å². The lowest BCUT2D eigenvalue weighted by atomic mass is 9.87. The van der Waals surface area contributed by atoms with Gasteiger partial charge in [0.2, 0.25) is 5.91 Å². The van der Waals surface area contributed by atoms with Crippen LogP contribution in [0.2, 0.25) is 0 Å². The maximum Gasteiger partial charge on any atom is 0.253 e. The van der Waals surface area contributed by atoms with Crippen LogP contribution < -0.4 is 4.74 Å². The predicted molar refractivity (Wildman–Crippen MR) is 109 cm³/mol. The molecule has 2 aliphatic heterocycles. The summed E-state index contributed by atoms with van der Waals surface area (Å²) < 4.78 is 10.8. The van der Waals surface area contributed by atoms with Crippen molar-refractivity contribution in [3.8, 4) is 5.75 Å². The number of hydrogen-bond acceptors (Lipinski definition) is 4. The Balaban J connectivity index is 1.61. The van der Waals surface area contributed by atoms with E-state index in [9.17, 15) is 9.59 Å². The van der Waals surface area contributed by atoms with Crippen LogP contribution in [0, 0.1) is 5.92 Å². The van der Waals surface area contributed by atoms with Gasteiger partial charge in [0, 0.05) is 37.7 Å². The highest BCUT2D eigenvalue weighted by Gasteiger charge is 2.42. The Bertz CT molecular complexity index is 864. The second kappa shape index (κ2) is 8.66. The maximum absolute atomic E-state index is 13.3. The van der Waals surface area contributed by atoms with Gasteiger partial charge in [-0.15, -0.1) is 0 Å². The highest BCUT2D eigenvalue weighted by atomic mass is 16.5. The van der Waals surface area contributed by atoms with E-state index < -0.39 is 0 Å². The van der Waals surface area contributed by atoms with Crippen LogP contribution in [0.25, 0.3) is 0 Å². The van der Waals surface area contributed by atoms with Gasteiger partial charge in [-0.25, -0.2) is 0 Å². The van der Waals surface area contributed by atoms with Crippen molar-refractivity contribution in [2.24, 2.45) is 5.92 Å². The number of ether oxygens (including phenoxy) is 2. The van der Waals surface area contributed by atoms with Gasteiger partial charge < -0.3 is 19.3 Å². The molecular weight excluding hydrogens is 368 g/mol. The first kappa shape index (κ1) is 19.5. The van der Waals surface area contributed by atoms with Crippen LogP contribution in [-0.2, 0) is 9.53 Å². The van der Waals surface area contributed by atoms with Crippen molar-refractivity contribution in [2.75, 3.05) is 46.5 Å². The molecule has 6 nitrogen and oxygen atoms in total. The number of carbonyl (C=O) groups is 2. The van der Waals surface area contributed by atoms with Gasteiger partial charge in [0.15, 0.2) is 0 Å². The van der Waals surface area contributed by atoms with Crippen LogP contribution in [-0.4, -0.2) is 68.1 Å². The van der Waals surface area contributed by atoms with E-state index in [1.54, 1.807) is 7.11 Å². The average molecular weight is 394 g/mol. The number of hydrogen-bond donors (Lipinski definition) is 0. The van der Waals surface area contributed by atoms with Crippen LogP contribution in [0.3, 0.4) is 0 Å². The Morgan fingerprint density at radius 2 is 1.72 bits per heavy atom. The molecule has 4 rings (SSSR count). The van der Waals surface area contributed by atoms with Crippen molar-refractivity contribution in [1.29, 1.82) is 0 Å². The standard InChI is InChI=1S/C23H26N2O4/c1-28-19-9-5-8-18(14-19)20-15-25(22(26)17-6-3-2-4-7-17)16-21(20)23(27)24-10-12-29-13-11-24/h2-9,14,20-21H,10-13,15-16H2,1H3/t20-,21+/m0/s1. The molecule has 2 amide bonds. The first-order valence-electron chi connectivity index (χ1n) is 10.0. The molecule has 2 aromatic carbocycles. The molecule has 0 spiro atoms. The molecule has 152 valence electrons. The number of morpholine rings is 1. The molecule has 0 N–H and O–H groups in total. The molecule has 2 aromatic rings. The lowest BCUT2D eigenvalue weighted by Crippen LogP contribution is -2.45. The maximum atomic E-state index is 13.3. The fourth-order valence-electron chi connectivity index (χ4n) is 4.21. The van der Waals surface area contributed by atoms with Gasteiger partial charge in [0.25, 0.3) is 5.91 Å². The van der Waals surface area contributed by atoms with Crippen molar-refractivity contribution in [3.05, 3.63) is 65.7 Å². The quantitative estimate of drug-likeness (QED) is 0.799. The summed E-state index contributed by atoms with van der Waals surface area (Å²) in [4.78, 5) is 30.1. The number of likely N-dealkylation sites (tertiary alicyclic amines) is 1. The number of benzene rings is 2. The molecule has 2 fully saturated rings. The fraction of sp³-hybridized carbons (Fsp3) is 0.391.